The molecule has 2 N–H and O–H groups in total. The van der Waals surface area contributed by atoms with Gasteiger partial charge in [0.15, 0.2) is 11.6 Å². The molecule has 4 nitrogen and oxygen atoms in total. The maximum Gasteiger partial charge on any atom is 0.241 e. The van der Waals surface area contributed by atoms with Gasteiger partial charge in [-0.15, -0.1) is 0 Å². The van der Waals surface area contributed by atoms with Gasteiger partial charge in [0.05, 0.1) is 5.69 Å². The molecule has 0 aliphatic carbocycles. The van der Waals surface area contributed by atoms with Gasteiger partial charge < -0.3 is 10.5 Å². The Labute approximate surface area is 96.6 Å². The lowest BCUT2D eigenvalue weighted by Crippen LogP contribution is -1.97. The molecule has 0 bridgehead atoms. The molecule has 1 aromatic carbocycles. The first-order valence-corrected chi connectivity index (χ1v) is 4.91. The maximum absolute atomic E-state index is 13.0. The second-order valence-electron chi connectivity index (χ2n) is 3.61. The van der Waals surface area contributed by atoms with E-state index in [9.17, 15) is 8.78 Å². The second kappa shape index (κ2) is 4.04. The van der Waals surface area contributed by atoms with Crippen molar-refractivity contribution in [2.45, 2.75) is 6.92 Å². The minimum atomic E-state index is -0.972. The van der Waals surface area contributed by atoms with Crippen molar-refractivity contribution in [3.8, 4) is 11.6 Å². The summed E-state index contributed by atoms with van der Waals surface area (Å²) in [5, 5.41) is 4.05. The molecule has 1 heterocycles. The van der Waals surface area contributed by atoms with E-state index in [2.05, 4.69) is 5.10 Å². The summed E-state index contributed by atoms with van der Waals surface area (Å²) in [6.45, 7) is 1.73. The van der Waals surface area contributed by atoms with Crippen LogP contribution in [0.15, 0.2) is 18.2 Å². The molecule has 0 aliphatic heterocycles. The van der Waals surface area contributed by atoms with Crippen molar-refractivity contribution in [3.05, 3.63) is 35.5 Å². The van der Waals surface area contributed by atoms with E-state index in [0.29, 0.717) is 17.3 Å². The average molecular weight is 239 g/mol. The molecule has 0 saturated carbocycles. The molecule has 6 heteroatoms. The standard InChI is InChI=1S/C11H11F2N3O/c1-6-10(14)11(16(2)15-6)17-7-3-4-8(12)9(13)5-7/h3-5H,14H2,1-2H3. The van der Waals surface area contributed by atoms with Crippen LogP contribution in [0.1, 0.15) is 5.69 Å². The van der Waals surface area contributed by atoms with Gasteiger partial charge in [0.1, 0.15) is 11.4 Å². The second-order valence-corrected chi connectivity index (χ2v) is 3.61. The first-order chi connectivity index (χ1) is 7.99. The quantitative estimate of drug-likeness (QED) is 0.875. The van der Waals surface area contributed by atoms with E-state index in [-0.39, 0.29) is 5.75 Å². The normalized spacial score (nSPS) is 10.6. The number of benzene rings is 1. The third kappa shape index (κ3) is 2.06. The summed E-state index contributed by atoms with van der Waals surface area (Å²) in [5.41, 5.74) is 6.73. The highest BCUT2D eigenvalue weighted by atomic mass is 19.2. The fraction of sp³-hybridized carbons (Fsp3) is 0.182. The number of ether oxygens (including phenoxy) is 1. The van der Waals surface area contributed by atoms with Crippen molar-refractivity contribution in [2.75, 3.05) is 5.73 Å². The molecule has 0 fully saturated rings. The van der Waals surface area contributed by atoms with Gasteiger partial charge in [-0.05, 0) is 19.1 Å². The van der Waals surface area contributed by atoms with Crippen LogP contribution in [0.2, 0.25) is 0 Å². The highest BCUT2D eigenvalue weighted by Crippen LogP contribution is 2.29. The third-order valence-corrected chi connectivity index (χ3v) is 2.32. The molecular formula is C11H11F2N3O. The van der Waals surface area contributed by atoms with Gasteiger partial charge in [0, 0.05) is 13.1 Å². The van der Waals surface area contributed by atoms with Crippen LogP contribution in [0.25, 0.3) is 0 Å². The lowest BCUT2D eigenvalue weighted by atomic mass is 10.3. The number of aryl methyl sites for hydroxylation is 2. The first kappa shape index (κ1) is 11.4. The van der Waals surface area contributed by atoms with Gasteiger partial charge in [-0.1, -0.05) is 0 Å². The van der Waals surface area contributed by atoms with E-state index in [4.69, 9.17) is 10.5 Å². The Morgan fingerprint density at radius 1 is 1.29 bits per heavy atom. The maximum atomic E-state index is 13.0. The molecule has 2 aromatic rings. The Bertz CT molecular complexity index is 566. The van der Waals surface area contributed by atoms with E-state index in [1.807, 2.05) is 0 Å². The molecule has 2 rings (SSSR count). The summed E-state index contributed by atoms with van der Waals surface area (Å²) in [5.74, 6) is -1.43. The fourth-order valence-electron chi connectivity index (χ4n) is 1.43. The van der Waals surface area contributed by atoms with Crippen LogP contribution in [0, 0.1) is 18.6 Å². The number of nitrogens with two attached hydrogens (primary N) is 1. The molecule has 0 radical (unpaired) electrons. The van der Waals surface area contributed by atoms with Crippen LogP contribution < -0.4 is 10.5 Å². The molecular weight excluding hydrogens is 228 g/mol. The summed E-state index contributed by atoms with van der Waals surface area (Å²) in [6.07, 6.45) is 0. The van der Waals surface area contributed by atoms with Gasteiger partial charge in [-0.25, -0.2) is 13.5 Å². The molecule has 0 spiro atoms. The topological polar surface area (TPSA) is 53.1 Å². The molecule has 0 unspecified atom stereocenters. The van der Waals surface area contributed by atoms with Crippen molar-refractivity contribution in [3.63, 3.8) is 0 Å². The van der Waals surface area contributed by atoms with Crippen molar-refractivity contribution in [2.24, 2.45) is 7.05 Å². The monoisotopic (exact) mass is 239 g/mol. The first-order valence-electron chi connectivity index (χ1n) is 4.91. The minimum Gasteiger partial charge on any atom is -0.437 e. The van der Waals surface area contributed by atoms with Gasteiger partial charge in [-0.2, -0.15) is 5.10 Å². The molecule has 0 saturated heterocycles. The Morgan fingerprint density at radius 3 is 2.53 bits per heavy atom. The number of aromatic nitrogens is 2. The number of nitrogens with zero attached hydrogens (tertiary/aromatic N) is 2. The highest BCUT2D eigenvalue weighted by molar-refractivity contribution is 5.53. The number of anilines is 1. The lowest BCUT2D eigenvalue weighted by Gasteiger charge is -2.06. The van der Waals surface area contributed by atoms with Gasteiger partial charge >= 0.3 is 0 Å². The number of rotatable bonds is 2. The highest BCUT2D eigenvalue weighted by Gasteiger charge is 2.13. The molecule has 1 aromatic heterocycles. The van der Waals surface area contributed by atoms with Gasteiger partial charge in [0.2, 0.25) is 5.88 Å². The predicted molar refractivity (Wildman–Crippen MR) is 58.8 cm³/mol. The van der Waals surface area contributed by atoms with Crippen LogP contribution in [0.3, 0.4) is 0 Å². The summed E-state index contributed by atoms with van der Waals surface area (Å²) in [6, 6.07) is 3.27. The lowest BCUT2D eigenvalue weighted by molar-refractivity contribution is 0.423. The number of hydrogen-bond acceptors (Lipinski definition) is 3. The summed E-state index contributed by atoms with van der Waals surface area (Å²) < 4.78 is 32.5. The summed E-state index contributed by atoms with van der Waals surface area (Å²) >= 11 is 0. The van der Waals surface area contributed by atoms with Gasteiger partial charge in [-0.3, -0.25) is 0 Å². The fourth-order valence-corrected chi connectivity index (χ4v) is 1.43. The van der Waals surface area contributed by atoms with Crippen molar-refractivity contribution < 1.29 is 13.5 Å². The predicted octanol–water partition coefficient (Wildman–Crippen LogP) is 2.38. The van der Waals surface area contributed by atoms with E-state index in [1.54, 1.807) is 14.0 Å². The Morgan fingerprint density at radius 2 is 2.00 bits per heavy atom. The Hall–Kier alpha value is -2.11. The van der Waals surface area contributed by atoms with Crippen LogP contribution >= 0.6 is 0 Å². The van der Waals surface area contributed by atoms with E-state index in [0.717, 1.165) is 12.1 Å². The largest absolute Gasteiger partial charge is 0.437 e. The summed E-state index contributed by atoms with van der Waals surface area (Å²) in [7, 11) is 1.65. The number of hydrogen-bond donors (Lipinski definition) is 1. The number of nitrogen functional groups attached to an aromatic ring is 1. The van der Waals surface area contributed by atoms with E-state index >= 15 is 0 Å². The van der Waals surface area contributed by atoms with E-state index in [1.165, 1.54) is 10.7 Å². The molecule has 0 aliphatic rings. The SMILES string of the molecule is Cc1nn(C)c(Oc2ccc(F)c(F)c2)c1N. The number of halogens is 2. The Kier molecular flexibility index (Phi) is 2.71. The van der Waals surface area contributed by atoms with Gasteiger partial charge in [0.25, 0.3) is 0 Å². The molecule has 0 amide bonds. The zero-order valence-corrected chi connectivity index (χ0v) is 9.37. The molecule has 90 valence electrons. The van der Waals surface area contributed by atoms with E-state index < -0.39 is 11.6 Å². The molecule has 17 heavy (non-hydrogen) atoms. The smallest absolute Gasteiger partial charge is 0.241 e. The zero-order valence-electron chi connectivity index (χ0n) is 9.37. The zero-order chi connectivity index (χ0) is 12.6. The summed E-state index contributed by atoms with van der Waals surface area (Å²) in [4.78, 5) is 0. The minimum absolute atomic E-state index is 0.165. The molecule has 0 atom stereocenters. The van der Waals surface area contributed by atoms with Crippen LogP contribution in [0.4, 0.5) is 14.5 Å². The van der Waals surface area contributed by atoms with Crippen molar-refractivity contribution in [1.82, 2.24) is 9.78 Å². The van der Waals surface area contributed by atoms with Crippen LogP contribution in [-0.4, -0.2) is 9.78 Å². The van der Waals surface area contributed by atoms with Crippen molar-refractivity contribution >= 4 is 5.69 Å². The van der Waals surface area contributed by atoms with Crippen molar-refractivity contribution in [1.29, 1.82) is 0 Å². The third-order valence-electron chi connectivity index (χ3n) is 2.32. The Balaban J connectivity index is 2.34. The average Bonchev–Trinajstić information content (AvgIpc) is 2.50. The van der Waals surface area contributed by atoms with Crippen LogP contribution in [0.5, 0.6) is 11.6 Å². The van der Waals surface area contributed by atoms with Crippen LogP contribution in [-0.2, 0) is 7.05 Å².